The number of hydrogen-bond donors (Lipinski definition) is 4. The van der Waals surface area contributed by atoms with Crippen LogP contribution in [-0.2, 0) is 32.1 Å². The number of nitrogens with one attached hydrogen (secondary N) is 4. The van der Waals surface area contributed by atoms with Crippen molar-refractivity contribution in [1.82, 2.24) is 21.3 Å². The van der Waals surface area contributed by atoms with Crippen molar-refractivity contribution >= 4 is 24.0 Å². The van der Waals surface area contributed by atoms with E-state index < -0.39 is 35.8 Å². The lowest BCUT2D eigenvalue weighted by Gasteiger charge is -2.25. The number of rotatable bonds is 14. The first kappa shape index (κ1) is 33.9. The summed E-state index contributed by atoms with van der Waals surface area (Å²) in [7, 11) is 0. The van der Waals surface area contributed by atoms with Crippen molar-refractivity contribution in [3.63, 3.8) is 0 Å². The molecule has 0 radical (unpaired) electrons. The number of carbonyl (C=O) groups is 4. The molecule has 2 rings (SSSR count). The van der Waals surface area contributed by atoms with E-state index in [1.54, 1.807) is 26.8 Å². The van der Waals surface area contributed by atoms with E-state index in [0.717, 1.165) is 11.1 Å². The maximum absolute atomic E-state index is 13.4. The molecule has 228 valence electrons. The molecule has 0 aliphatic carbocycles. The molecule has 0 aromatic heterocycles. The van der Waals surface area contributed by atoms with Gasteiger partial charge in [-0.3, -0.25) is 9.59 Å². The Morgan fingerprint density at radius 1 is 0.833 bits per heavy atom. The van der Waals surface area contributed by atoms with Gasteiger partial charge in [0.2, 0.25) is 11.8 Å². The monoisotopic (exact) mass is 580 g/mol. The van der Waals surface area contributed by atoms with E-state index >= 15 is 0 Å². The predicted octanol–water partition coefficient (Wildman–Crippen LogP) is 4.39. The number of benzene rings is 2. The Bertz CT molecular complexity index is 1160. The largest absolute Gasteiger partial charge is 0.445 e. The van der Waals surface area contributed by atoms with Gasteiger partial charge in [-0.25, -0.2) is 9.59 Å². The lowest BCUT2D eigenvalue weighted by molar-refractivity contribution is -0.124. The van der Waals surface area contributed by atoms with E-state index in [-0.39, 0.29) is 31.5 Å². The second-order valence-electron chi connectivity index (χ2n) is 11.2. The topological polar surface area (TPSA) is 135 Å². The summed E-state index contributed by atoms with van der Waals surface area (Å²) < 4.78 is 10.6. The first-order valence-corrected chi connectivity index (χ1v) is 14.2. The van der Waals surface area contributed by atoms with Crippen molar-refractivity contribution in [3.8, 4) is 0 Å². The maximum atomic E-state index is 13.4. The molecule has 0 heterocycles. The van der Waals surface area contributed by atoms with Gasteiger partial charge in [-0.2, -0.15) is 0 Å². The van der Waals surface area contributed by atoms with E-state index in [1.807, 2.05) is 74.5 Å². The minimum atomic E-state index is -0.946. The van der Waals surface area contributed by atoms with Crippen LogP contribution in [0.1, 0.15) is 58.6 Å². The molecule has 0 aliphatic rings. The first-order chi connectivity index (χ1) is 19.9. The van der Waals surface area contributed by atoms with Crippen LogP contribution in [0.2, 0.25) is 0 Å². The Kier molecular flexibility index (Phi) is 14.1. The molecule has 0 saturated heterocycles. The van der Waals surface area contributed by atoms with Crippen molar-refractivity contribution in [2.24, 2.45) is 0 Å². The van der Waals surface area contributed by atoms with Gasteiger partial charge in [-0.1, -0.05) is 66.7 Å². The third-order valence-corrected chi connectivity index (χ3v) is 5.70. The molecule has 0 bridgehead atoms. The van der Waals surface area contributed by atoms with Crippen LogP contribution in [0.3, 0.4) is 0 Å². The molecule has 0 aliphatic heterocycles. The Morgan fingerprint density at radius 3 is 2.05 bits per heavy atom. The van der Waals surface area contributed by atoms with Gasteiger partial charge >= 0.3 is 12.2 Å². The zero-order valence-corrected chi connectivity index (χ0v) is 25.1. The highest BCUT2D eigenvalue weighted by molar-refractivity contribution is 5.88. The van der Waals surface area contributed by atoms with E-state index in [9.17, 15) is 19.2 Å². The Morgan fingerprint density at radius 2 is 1.45 bits per heavy atom. The minimum absolute atomic E-state index is 0.0315. The molecule has 42 heavy (non-hydrogen) atoms. The van der Waals surface area contributed by atoms with Crippen molar-refractivity contribution in [2.45, 2.75) is 84.2 Å². The molecule has 2 aromatic rings. The van der Waals surface area contributed by atoms with Gasteiger partial charge in [0.25, 0.3) is 0 Å². The fraction of sp³-hybridized carbons (Fsp3) is 0.438. The Hall–Kier alpha value is -4.34. The van der Waals surface area contributed by atoms with Crippen molar-refractivity contribution in [2.75, 3.05) is 6.54 Å². The highest BCUT2D eigenvalue weighted by Gasteiger charge is 2.25. The average molecular weight is 581 g/mol. The van der Waals surface area contributed by atoms with Gasteiger partial charge in [0.05, 0.1) is 6.04 Å². The first-order valence-electron chi connectivity index (χ1n) is 14.2. The number of alkyl carbamates (subject to hydrolysis) is 2. The fourth-order valence-electron chi connectivity index (χ4n) is 3.84. The number of ether oxygens (including phenoxy) is 2. The summed E-state index contributed by atoms with van der Waals surface area (Å²) in [5, 5.41) is 11.0. The summed E-state index contributed by atoms with van der Waals surface area (Å²) in [6.45, 7) is 9.29. The predicted molar refractivity (Wildman–Crippen MR) is 162 cm³/mol. The normalized spacial score (nSPS) is 12.7. The number of hydrogen-bond acceptors (Lipinski definition) is 6. The smallest absolute Gasteiger partial charge is 0.408 e. The van der Waals surface area contributed by atoms with Gasteiger partial charge in [0, 0.05) is 18.7 Å². The summed E-state index contributed by atoms with van der Waals surface area (Å²) in [5.74, 6) is -0.715. The van der Waals surface area contributed by atoms with E-state index in [1.165, 1.54) is 6.08 Å². The second kappa shape index (κ2) is 17.5. The molecule has 0 fully saturated rings. The third-order valence-electron chi connectivity index (χ3n) is 5.70. The SMILES string of the molecule is CC(C)NC(=O)/C=C/[C@H](Cc1ccccc1)NC(=O)[C@H](CCCNC(=O)OCc1ccccc1)NC(=O)OC(C)(C)C. The van der Waals surface area contributed by atoms with Crippen LogP contribution in [0.15, 0.2) is 72.8 Å². The van der Waals surface area contributed by atoms with Gasteiger partial charge < -0.3 is 30.7 Å². The lowest BCUT2D eigenvalue weighted by atomic mass is 10.0. The van der Waals surface area contributed by atoms with Crippen molar-refractivity contribution in [1.29, 1.82) is 0 Å². The molecule has 2 aromatic carbocycles. The maximum Gasteiger partial charge on any atom is 0.408 e. The van der Waals surface area contributed by atoms with Crippen LogP contribution in [0.5, 0.6) is 0 Å². The standard InChI is InChI=1S/C32H44N4O6/c1-23(2)34-28(37)19-18-26(21-24-13-8-6-9-14-24)35-29(38)27(36-31(40)42-32(3,4)5)17-12-20-33-30(39)41-22-25-15-10-7-11-16-25/h6-11,13-16,18-19,23,26-27H,12,17,20-22H2,1-5H3,(H,33,39)(H,34,37)(H,35,38)(H,36,40)/b19-18+/t26-,27+/m1/s1. The molecule has 10 nitrogen and oxygen atoms in total. The minimum Gasteiger partial charge on any atom is -0.445 e. The molecule has 0 spiro atoms. The highest BCUT2D eigenvalue weighted by atomic mass is 16.6. The lowest BCUT2D eigenvalue weighted by Crippen LogP contribution is -2.51. The van der Waals surface area contributed by atoms with Gasteiger partial charge in [0.15, 0.2) is 0 Å². The summed E-state index contributed by atoms with van der Waals surface area (Å²) in [4.78, 5) is 50.3. The van der Waals surface area contributed by atoms with Crippen LogP contribution in [0.4, 0.5) is 9.59 Å². The Balaban J connectivity index is 2.04. The molecule has 2 atom stereocenters. The summed E-state index contributed by atoms with van der Waals surface area (Å²) in [6.07, 6.45) is 2.76. The summed E-state index contributed by atoms with van der Waals surface area (Å²) in [5.41, 5.74) is 1.08. The summed E-state index contributed by atoms with van der Waals surface area (Å²) in [6, 6.07) is 17.4. The van der Waals surface area contributed by atoms with E-state index in [2.05, 4.69) is 21.3 Å². The molecule has 0 saturated carbocycles. The van der Waals surface area contributed by atoms with Crippen molar-refractivity contribution < 1.29 is 28.7 Å². The zero-order chi connectivity index (χ0) is 31.0. The van der Waals surface area contributed by atoms with Crippen LogP contribution in [-0.4, -0.2) is 54.3 Å². The Labute approximate surface area is 248 Å². The quantitative estimate of drug-likeness (QED) is 0.193. The molecule has 10 heteroatoms. The average Bonchev–Trinajstić information content (AvgIpc) is 2.92. The van der Waals surface area contributed by atoms with E-state index in [4.69, 9.17) is 9.47 Å². The molecular formula is C32H44N4O6. The van der Waals surface area contributed by atoms with E-state index in [0.29, 0.717) is 12.8 Å². The molecule has 4 N–H and O–H groups in total. The molecule has 0 unspecified atom stereocenters. The van der Waals surface area contributed by atoms with Crippen LogP contribution in [0.25, 0.3) is 0 Å². The van der Waals surface area contributed by atoms with Gasteiger partial charge in [0.1, 0.15) is 18.2 Å². The number of amides is 4. The van der Waals surface area contributed by atoms with Gasteiger partial charge in [-0.05, 0) is 65.0 Å². The van der Waals surface area contributed by atoms with Crippen LogP contribution >= 0.6 is 0 Å². The summed E-state index contributed by atoms with van der Waals surface area (Å²) >= 11 is 0. The van der Waals surface area contributed by atoms with Crippen LogP contribution < -0.4 is 21.3 Å². The molecule has 4 amide bonds. The number of carbonyl (C=O) groups excluding carboxylic acids is 4. The van der Waals surface area contributed by atoms with Crippen LogP contribution in [0, 0.1) is 0 Å². The van der Waals surface area contributed by atoms with Crippen molar-refractivity contribution in [3.05, 3.63) is 83.9 Å². The molecular weight excluding hydrogens is 536 g/mol. The van der Waals surface area contributed by atoms with Gasteiger partial charge in [-0.15, -0.1) is 0 Å². The fourth-order valence-corrected chi connectivity index (χ4v) is 3.84. The second-order valence-corrected chi connectivity index (χ2v) is 11.2. The third kappa shape index (κ3) is 14.9. The zero-order valence-electron chi connectivity index (χ0n) is 25.1. The highest BCUT2D eigenvalue weighted by Crippen LogP contribution is 2.10.